The Morgan fingerprint density at radius 3 is 2.73 bits per heavy atom. The first-order valence-corrected chi connectivity index (χ1v) is 9.77. The molecule has 0 saturated heterocycles. The minimum atomic E-state index is -0.786. The number of anilines is 3. The van der Waals surface area contributed by atoms with Gasteiger partial charge < -0.3 is 22.1 Å². The normalized spacial score (nSPS) is 18.7. The van der Waals surface area contributed by atoms with Gasteiger partial charge in [-0.1, -0.05) is 12.8 Å². The van der Waals surface area contributed by atoms with Crippen molar-refractivity contribution in [2.75, 3.05) is 10.6 Å². The minimum absolute atomic E-state index is 0.0333. The number of carbonyl (C=O) groups excluding carboxylic acids is 1. The Kier molecular flexibility index (Phi) is 5.57. The smallest absolute Gasteiger partial charge is 0.252 e. The fourth-order valence-electron chi connectivity index (χ4n) is 3.52. The monoisotopic (exact) mass is 410 g/mol. The average molecular weight is 410 g/mol. The van der Waals surface area contributed by atoms with Crippen molar-refractivity contribution < 1.29 is 9.18 Å². The maximum atomic E-state index is 14.6. The molecular formula is C20H23FN8O. The number of halogens is 1. The molecule has 0 unspecified atom stereocenters. The van der Waals surface area contributed by atoms with Crippen molar-refractivity contribution in [1.82, 2.24) is 19.7 Å². The Labute approximate surface area is 172 Å². The number of aromatic nitrogens is 4. The van der Waals surface area contributed by atoms with Crippen LogP contribution in [0.25, 0.3) is 5.82 Å². The van der Waals surface area contributed by atoms with Crippen LogP contribution >= 0.6 is 0 Å². The lowest BCUT2D eigenvalue weighted by molar-refractivity contribution is 0.100. The van der Waals surface area contributed by atoms with Crippen molar-refractivity contribution in [3.8, 4) is 5.82 Å². The summed E-state index contributed by atoms with van der Waals surface area (Å²) in [6.45, 7) is 0. The van der Waals surface area contributed by atoms with Crippen molar-refractivity contribution in [2.24, 2.45) is 11.5 Å². The maximum absolute atomic E-state index is 14.6. The van der Waals surface area contributed by atoms with E-state index in [0.717, 1.165) is 31.7 Å². The van der Waals surface area contributed by atoms with Crippen LogP contribution in [0.15, 0.2) is 42.9 Å². The topological polar surface area (TPSA) is 137 Å². The van der Waals surface area contributed by atoms with Crippen LogP contribution in [0, 0.1) is 5.82 Å². The number of nitrogens with zero attached hydrogens (tertiary/aromatic N) is 4. The predicted octanol–water partition coefficient (Wildman–Crippen LogP) is 2.33. The number of rotatable bonds is 6. The fourth-order valence-corrected chi connectivity index (χ4v) is 3.52. The number of carbonyl (C=O) groups is 1. The molecule has 3 aromatic heterocycles. The molecule has 0 aliphatic heterocycles. The molecule has 3 aromatic rings. The van der Waals surface area contributed by atoms with E-state index in [9.17, 15) is 9.18 Å². The summed E-state index contributed by atoms with van der Waals surface area (Å²) in [4.78, 5) is 20.4. The molecule has 1 saturated carbocycles. The molecule has 0 spiro atoms. The maximum Gasteiger partial charge on any atom is 0.252 e. The molecule has 3 heterocycles. The van der Waals surface area contributed by atoms with Crippen LogP contribution in [0.1, 0.15) is 36.0 Å². The fraction of sp³-hybridized carbons (Fsp3) is 0.300. The second-order valence-electron chi connectivity index (χ2n) is 7.26. The lowest BCUT2D eigenvalue weighted by Gasteiger charge is -2.30. The van der Waals surface area contributed by atoms with Crippen molar-refractivity contribution in [1.29, 1.82) is 0 Å². The van der Waals surface area contributed by atoms with Gasteiger partial charge >= 0.3 is 0 Å². The third kappa shape index (κ3) is 4.23. The second kappa shape index (κ2) is 8.46. The van der Waals surface area contributed by atoms with Crippen LogP contribution in [0.5, 0.6) is 0 Å². The summed E-state index contributed by atoms with van der Waals surface area (Å²) in [5.41, 5.74) is 12.1. The quantitative estimate of drug-likeness (QED) is 0.489. The number of primary amides is 1. The van der Waals surface area contributed by atoms with E-state index in [4.69, 9.17) is 11.5 Å². The number of hydrogen-bond acceptors (Lipinski definition) is 7. The zero-order valence-electron chi connectivity index (χ0n) is 16.3. The Balaban J connectivity index is 1.60. The molecule has 1 aliphatic carbocycles. The number of nitrogens with one attached hydrogen (secondary N) is 2. The molecule has 1 fully saturated rings. The first kappa shape index (κ1) is 19.8. The molecule has 0 bridgehead atoms. The number of nitrogens with two attached hydrogens (primary N) is 2. The summed E-state index contributed by atoms with van der Waals surface area (Å²) < 4.78 is 16.2. The van der Waals surface area contributed by atoms with Gasteiger partial charge in [-0.25, -0.2) is 19.0 Å². The van der Waals surface area contributed by atoms with Crippen molar-refractivity contribution in [3.05, 3.63) is 54.2 Å². The lowest BCUT2D eigenvalue weighted by Crippen LogP contribution is -2.43. The Morgan fingerprint density at radius 2 is 2.07 bits per heavy atom. The third-order valence-electron chi connectivity index (χ3n) is 5.13. The van der Waals surface area contributed by atoms with Crippen LogP contribution in [0.3, 0.4) is 0 Å². The van der Waals surface area contributed by atoms with Crippen LogP contribution in [-0.4, -0.2) is 37.7 Å². The SMILES string of the molecule is NC(=O)c1cc(F)c(N[C@@H]2CCCC[C@@H]2N)nc1Nc1ccc(-n2cccn2)nc1. The summed E-state index contributed by atoms with van der Waals surface area (Å²) in [7, 11) is 0. The van der Waals surface area contributed by atoms with Crippen LogP contribution in [-0.2, 0) is 0 Å². The van der Waals surface area contributed by atoms with Crippen molar-refractivity contribution in [3.63, 3.8) is 0 Å². The van der Waals surface area contributed by atoms with Gasteiger partial charge in [0.1, 0.15) is 5.82 Å². The molecule has 0 aromatic carbocycles. The average Bonchev–Trinajstić information content (AvgIpc) is 3.27. The molecule has 30 heavy (non-hydrogen) atoms. The van der Waals surface area contributed by atoms with Gasteiger partial charge in [-0.15, -0.1) is 0 Å². The van der Waals surface area contributed by atoms with E-state index in [-0.39, 0.29) is 29.3 Å². The molecule has 4 rings (SSSR count). The Hall–Kier alpha value is -3.53. The summed E-state index contributed by atoms with van der Waals surface area (Å²) >= 11 is 0. The van der Waals surface area contributed by atoms with Gasteiger partial charge in [0.2, 0.25) is 0 Å². The largest absolute Gasteiger partial charge is 0.365 e. The Morgan fingerprint density at radius 1 is 1.23 bits per heavy atom. The van der Waals surface area contributed by atoms with Crippen LogP contribution in [0.2, 0.25) is 0 Å². The van der Waals surface area contributed by atoms with Gasteiger partial charge in [0.25, 0.3) is 5.91 Å². The summed E-state index contributed by atoms with van der Waals surface area (Å²) in [6, 6.07) is 6.23. The zero-order valence-corrected chi connectivity index (χ0v) is 16.3. The number of pyridine rings is 2. The van der Waals surface area contributed by atoms with Gasteiger partial charge in [0, 0.05) is 24.5 Å². The van der Waals surface area contributed by atoms with Gasteiger partial charge in [-0.05, 0) is 37.1 Å². The molecule has 1 amide bonds. The second-order valence-corrected chi connectivity index (χ2v) is 7.26. The van der Waals surface area contributed by atoms with E-state index < -0.39 is 11.7 Å². The van der Waals surface area contributed by atoms with Gasteiger partial charge in [-0.2, -0.15) is 5.10 Å². The van der Waals surface area contributed by atoms with Gasteiger partial charge in [0.15, 0.2) is 17.5 Å². The number of hydrogen-bond donors (Lipinski definition) is 4. The van der Waals surface area contributed by atoms with Crippen LogP contribution < -0.4 is 22.1 Å². The predicted molar refractivity (Wildman–Crippen MR) is 111 cm³/mol. The van der Waals surface area contributed by atoms with E-state index >= 15 is 0 Å². The Bertz CT molecular complexity index is 1020. The molecular weight excluding hydrogens is 387 g/mol. The van der Waals surface area contributed by atoms with Crippen molar-refractivity contribution in [2.45, 2.75) is 37.8 Å². The lowest BCUT2D eigenvalue weighted by atomic mass is 9.91. The molecule has 9 nitrogen and oxygen atoms in total. The highest BCUT2D eigenvalue weighted by atomic mass is 19.1. The van der Waals surface area contributed by atoms with E-state index in [1.54, 1.807) is 41.5 Å². The van der Waals surface area contributed by atoms with E-state index in [0.29, 0.717) is 11.5 Å². The minimum Gasteiger partial charge on any atom is -0.365 e. The molecule has 1 aliphatic rings. The number of amides is 1. The molecule has 0 radical (unpaired) electrons. The highest BCUT2D eigenvalue weighted by molar-refractivity contribution is 5.98. The summed E-state index contributed by atoms with van der Waals surface area (Å²) in [6.07, 6.45) is 8.78. The standard InChI is InChI=1S/C20H23FN8O/c21-14-10-13(18(23)30)19(28-20(14)27-16-5-2-1-4-15(16)22)26-12-6-7-17(24-11-12)29-9-3-8-25-29/h3,6-11,15-16H,1-2,4-5,22H2,(H2,23,30)(H2,26,27,28)/t15-,16+/m0/s1. The van der Waals surface area contributed by atoms with Gasteiger partial charge in [-0.3, -0.25) is 4.79 Å². The van der Waals surface area contributed by atoms with Crippen molar-refractivity contribution >= 4 is 23.2 Å². The molecule has 6 N–H and O–H groups in total. The molecule has 156 valence electrons. The van der Waals surface area contributed by atoms with Crippen LogP contribution in [0.4, 0.5) is 21.7 Å². The van der Waals surface area contributed by atoms with E-state index in [1.165, 1.54) is 0 Å². The zero-order chi connectivity index (χ0) is 21.1. The van der Waals surface area contributed by atoms with E-state index in [2.05, 4.69) is 25.7 Å². The molecule has 10 heteroatoms. The first-order valence-electron chi connectivity index (χ1n) is 9.77. The summed E-state index contributed by atoms with van der Waals surface area (Å²) in [5.74, 6) is -0.637. The van der Waals surface area contributed by atoms with E-state index in [1.807, 2.05) is 0 Å². The highest BCUT2D eigenvalue weighted by Gasteiger charge is 2.24. The summed E-state index contributed by atoms with van der Waals surface area (Å²) in [5, 5.41) is 10.2. The highest BCUT2D eigenvalue weighted by Crippen LogP contribution is 2.26. The van der Waals surface area contributed by atoms with Gasteiger partial charge in [0.05, 0.1) is 17.4 Å². The first-order chi connectivity index (χ1) is 14.5. The molecule has 2 atom stereocenters. The third-order valence-corrected chi connectivity index (χ3v) is 5.13.